The molecule has 0 saturated heterocycles. The van der Waals surface area contributed by atoms with Gasteiger partial charge in [0.25, 0.3) is 0 Å². The standard InChI is InChI=1S/C18H13ClN2OS2/c19-12-6-7-15-14(9-12)17-11(10-23-15)8-16(24-17)21-18(22)20-13-4-2-1-3-5-13/h1-9H,10H2,(H2,20,21,22). The van der Waals surface area contributed by atoms with Crippen molar-refractivity contribution in [2.45, 2.75) is 10.6 Å². The minimum absolute atomic E-state index is 0.237. The van der Waals surface area contributed by atoms with E-state index in [1.54, 1.807) is 23.1 Å². The Labute approximate surface area is 153 Å². The third-order valence-corrected chi connectivity index (χ3v) is 6.13. The Kier molecular flexibility index (Phi) is 4.22. The summed E-state index contributed by atoms with van der Waals surface area (Å²) in [5.41, 5.74) is 3.15. The molecule has 0 bridgehead atoms. The summed E-state index contributed by atoms with van der Waals surface area (Å²) in [6, 6.07) is 17.2. The number of anilines is 2. The molecule has 120 valence electrons. The van der Waals surface area contributed by atoms with Gasteiger partial charge in [0, 0.05) is 31.8 Å². The SMILES string of the molecule is O=C(Nc1ccccc1)Nc1cc2c(s1)-c1cc(Cl)ccc1SC2. The van der Waals surface area contributed by atoms with Gasteiger partial charge in [0.05, 0.1) is 5.00 Å². The summed E-state index contributed by atoms with van der Waals surface area (Å²) >= 11 is 9.52. The van der Waals surface area contributed by atoms with Gasteiger partial charge < -0.3 is 5.32 Å². The molecule has 0 fully saturated rings. The van der Waals surface area contributed by atoms with Crippen LogP contribution in [0.4, 0.5) is 15.5 Å². The van der Waals surface area contributed by atoms with Crippen molar-refractivity contribution in [2.75, 3.05) is 10.6 Å². The summed E-state index contributed by atoms with van der Waals surface area (Å²) in [4.78, 5) is 14.6. The van der Waals surface area contributed by atoms with Crippen molar-refractivity contribution in [3.63, 3.8) is 0 Å². The normalized spacial score (nSPS) is 12.2. The van der Waals surface area contributed by atoms with Crippen LogP contribution in [-0.4, -0.2) is 6.03 Å². The first kappa shape index (κ1) is 15.6. The third-order valence-electron chi connectivity index (χ3n) is 3.65. The fraction of sp³-hybridized carbons (Fsp3) is 0.0556. The third kappa shape index (κ3) is 3.15. The van der Waals surface area contributed by atoms with E-state index in [9.17, 15) is 4.79 Å². The fourth-order valence-electron chi connectivity index (χ4n) is 2.58. The van der Waals surface area contributed by atoms with Crippen molar-refractivity contribution in [1.29, 1.82) is 0 Å². The fourth-order valence-corrected chi connectivity index (χ4v) is 5.04. The lowest BCUT2D eigenvalue weighted by atomic mass is 10.1. The molecule has 2 aromatic carbocycles. The smallest absolute Gasteiger partial charge is 0.308 e. The number of hydrogen-bond acceptors (Lipinski definition) is 3. The van der Waals surface area contributed by atoms with Crippen molar-refractivity contribution in [2.24, 2.45) is 0 Å². The number of carbonyl (C=O) groups excluding carboxylic acids is 1. The summed E-state index contributed by atoms with van der Waals surface area (Å²) in [5.74, 6) is 0.905. The average Bonchev–Trinajstić information content (AvgIpc) is 2.98. The van der Waals surface area contributed by atoms with Gasteiger partial charge in [-0.3, -0.25) is 5.32 Å². The molecule has 0 radical (unpaired) electrons. The van der Waals surface area contributed by atoms with Gasteiger partial charge in [-0.05, 0) is 42.0 Å². The Morgan fingerprint density at radius 2 is 1.88 bits per heavy atom. The molecule has 2 heterocycles. The molecule has 3 nitrogen and oxygen atoms in total. The van der Waals surface area contributed by atoms with Crippen LogP contribution in [0.15, 0.2) is 59.5 Å². The zero-order chi connectivity index (χ0) is 16.5. The summed E-state index contributed by atoms with van der Waals surface area (Å²) < 4.78 is 0. The van der Waals surface area contributed by atoms with Crippen molar-refractivity contribution in [3.8, 4) is 10.4 Å². The van der Waals surface area contributed by atoms with Gasteiger partial charge in [0.2, 0.25) is 0 Å². The number of amides is 2. The Balaban J connectivity index is 1.56. The lowest BCUT2D eigenvalue weighted by Gasteiger charge is -2.15. The molecule has 1 aliphatic heterocycles. The number of halogens is 1. The molecule has 1 aliphatic rings. The second-order valence-electron chi connectivity index (χ2n) is 5.34. The van der Waals surface area contributed by atoms with E-state index in [-0.39, 0.29) is 6.03 Å². The second kappa shape index (κ2) is 6.51. The Morgan fingerprint density at radius 1 is 1.04 bits per heavy atom. The molecular formula is C18H13ClN2OS2. The summed E-state index contributed by atoms with van der Waals surface area (Å²) in [5, 5.41) is 7.31. The van der Waals surface area contributed by atoms with Gasteiger partial charge in [-0.1, -0.05) is 29.8 Å². The van der Waals surface area contributed by atoms with E-state index in [2.05, 4.69) is 16.7 Å². The van der Waals surface area contributed by atoms with Crippen molar-refractivity contribution in [3.05, 3.63) is 65.2 Å². The predicted octanol–water partition coefficient (Wildman–Crippen LogP) is 6.32. The molecule has 6 heteroatoms. The zero-order valence-corrected chi connectivity index (χ0v) is 14.9. The van der Waals surface area contributed by atoms with Crippen LogP contribution in [0.1, 0.15) is 5.56 Å². The van der Waals surface area contributed by atoms with Crippen LogP contribution in [0.25, 0.3) is 10.4 Å². The van der Waals surface area contributed by atoms with Crippen LogP contribution in [0.3, 0.4) is 0 Å². The number of carbonyl (C=O) groups is 1. The Hall–Kier alpha value is -1.95. The number of hydrogen-bond donors (Lipinski definition) is 2. The summed E-state index contributed by atoms with van der Waals surface area (Å²) in [7, 11) is 0. The lowest BCUT2D eigenvalue weighted by molar-refractivity contribution is 0.262. The van der Waals surface area contributed by atoms with Crippen LogP contribution >= 0.6 is 34.7 Å². The molecule has 1 aromatic heterocycles. The first-order valence-corrected chi connectivity index (χ1v) is 9.55. The van der Waals surface area contributed by atoms with E-state index in [1.165, 1.54) is 15.3 Å². The molecule has 0 aliphatic carbocycles. The topological polar surface area (TPSA) is 41.1 Å². The molecule has 0 atom stereocenters. The molecule has 2 N–H and O–H groups in total. The van der Waals surface area contributed by atoms with Crippen LogP contribution < -0.4 is 10.6 Å². The molecule has 0 unspecified atom stereocenters. The minimum atomic E-state index is -0.237. The second-order valence-corrected chi connectivity index (χ2v) is 7.85. The number of nitrogens with one attached hydrogen (secondary N) is 2. The van der Waals surface area contributed by atoms with Crippen molar-refractivity contribution in [1.82, 2.24) is 0 Å². The maximum atomic E-state index is 12.2. The zero-order valence-electron chi connectivity index (χ0n) is 12.5. The van der Waals surface area contributed by atoms with Crippen LogP contribution in [0.2, 0.25) is 5.02 Å². The van der Waals surface area contributed by atoms with Gasteiger partial charge in [-0.2, -0.15) is 0 Å². The Morgan fingerprint density at radius 3 is 2.71 bits per heavy atom. The van der Waals surface area contributed by atoms with Gasteiger partial charge >= 0.3 is 6.03 Å². The average molecular weight is 373 g/mol. The number of rotatable bonds is 2. The van der Waals surface area contributed by atoms with E-state index in [1.807, 2.05) is 48.5 Å². The number of urea groups is 1. The quantitative estimate of drug-likeness (QED) is 0.552. The number of thiophene rings is 1. The van der Waals surface area contributed by atoms with Gasteiger partial charge in [-0.15, -0.1) is 23.1 Å². The maximum absolute atomic E-state index is 12.2. The largest absolute Gasteiger partial charge is 0.324 e. The highest BCUT2D eigenvalue weighted by atomic mass is 35.5. The highest BCUT2D eigenvalue weighted by Gasteiger charge is 2.20. The predicted molar refractivity (Wildman–Crippen MR) is 103 cm³/mol. The molecule has 4 rings (SSSR count). The number of fused-ring (bicyclic) bond motifs is 3. The molecule has 24 heavy (non-hydrogen) atoms. The van der Waals surface area contributed by atoms with Crippen LogP contribution in [0.5, 0.6) is 0 Å². The molecule has 0 saturated carbocycles. The first-order valence-electron chi connectivity index (χ1n) is 7.37. The highest BCUT2D eigenvalue weighted by Crippen LogP contribution is 2.47. The van der Waals surface area contributed by atoms with E-state index >= 15 is 0 Å². The molecule has 3 aromatic rings. The van der Waals surface area contributed by atoms with E-state index in [0.717, 1.165) is 27.0 Å². The maximum Gasteiger partial charge on any atom is 0.324 e. The van der Waals surface area contributed by atoms with Crippen LogP contribution in [-0.2, 0) is 5.75 Å². The summed E-state index contributed by atoms with van der Waals surface area (Å²) in [6.07, 6.45) is 0. The van der Waals surface area contributed by atoms with E-state index in [4.69, 9.17) is 11.6 Å². The molecule has 2 amide bonds. The monoisotopic (exact) mass is 372 g/mol. The van der Waals surface area contributed by atoms with Crippen molar-refractivity contribution >= 4 is 51.4 Å². The number of benzene rings is 2. The summed E-state index contributed by atoms with van der Waals surface area (Å²) in [6.45, 7) is 0. The highest BCUT2D eigenvalue weighted by molar-refractivity contribution is 7.98. The minimum Gasteiger partial charge on any atom is -0.308 e. The van der Waals surface area contributed by atoms with Gasteiger partial charge in [0.15, 0.2) is 0 Å². The molecule has 0 spiro atoms. The van der Waals surface area contributed by atoms with Gasteiger partial charge in [0.1, 0.15) is 0 Å². The first-order chi connectivity index (χ1) is 11.7. The van der Waals surface area contributed by atoms with Crippen molar-refractivity contribution < 1.29 is 4.79 Å². The van der Waals surface area contributed by atoms with Crippen LogP contribution in [0, 0.1) is 0 Å². The Bertz CT molecular complexity index is 909. The van der Waals surface area contributed by atoms with E-state index < -0.39 is 0 Å². The van der Waals surface area contributed by atoms with Gasteiger partial charge in [-0.25, -0.2) is 4.79 Å². The number of para-hydroxylation sites is 1. The van der Waals surface area contributed by atoms with E-state index in [0.29, 0.717) is 0 Å². The lowest BCUT2D eigenvalue weighted by Crippen LogP contribution is -2.18. The molecular weight excluding hydrogens is 360 g/mol. The number of thioether (sulfide) groups is 1.